The Hall–Kier alpha value is -1.86. The smallest absolute Gasteiger partial charge is 0.267 e. The monoisotopic (exact) mass is 307 g/mol. The summed E-state index contributed by atoms with van der Waals surface area (Å²) in [4.78, 5) is 14.9. The van der Waals surface area contributed by atoms with Gasteiger partial charge >= 0.3 is 0 Å². The number of hydrogen-bond donors (Lipinski definition) is 2. The maximum atomic E-state index is 12.0. The number of aromatic nitrogens is 2. The van der Waals surface area contributed by atoms with E-state index in [-0.39, 0.29) is 5.91 Å². The van der Waals surface area contributed by atoms with Gasteiger partial charge in [-0.1, -0.05) is 13.8 Å². The molecule has 21 heavy (non-hydrogen) atoms. The molecule has 0 aliphatic carbocycles. The zero-order valence-corrected chi connectivity index (χ0v) is 13.2. The number of rotatable bonds is 7. The minimum absolute atomic E-state index is 0.189. The summed E-state index contributed by atoms with van der Waals surface area (Å²) in [5, 5.41) is 8.88. The summed E-state index contributed by atoms with van der Waals surface area (Å²) in [5.74, 6) is -0.189. The molecular formula is C14H21N5OS. The lowest BCUT2D eigenvalue weighted by molar-refractivity contribution is 0.103. The predicted octanol–water partition coefficient (Wildman–Crippen LogP) is 2.12. The molecule has 3 N–H and O–H groups in total. The number of amides is 1. The summed E-state index contributed by atoms with van der Waals surface area (Å²) in [6, 6.07) is 1.73. The number of likely N-dealkylation sites (N-methyl/N-ethyl adjacent to an activating group) is 1. The van der Waals surface area contributed by atoms with E-state index in [1.54, 1.807) is 17.6 Å². The first kappa shape index (κ1) is 15.5. The number of hydrogen-bond acceptors (Lipinski definition) is 5. The largest absolute Gasteiger partial charge is 0.397 e. The van der Waals surface area contributed by atoms with Gasteiger partial charge in [-0.15, -0.1) is 11.3 Å². The van der Waals surface area contributed by atoms with Crippen molar-refractivity contribution in [2.24, 2.45) is 0 Å². The van der Waals surface area contributed by atoms with Crippen LogP contribution >= 0.6 is 11.3 Å². The molecule has 0 saturated carbocycles. The second kappa shape index (κ2) is 7.24. The number of nitrogens with zero attached hydrogens (tertiary/aromatic N) is 3. The number of carbonyl (C=O) groups excluding carboxylic acids is 1. The Labute approximate surface area is 128 Å². The number of anilines is 2. The minimum atomic E-state index is -0.189. The fourth-order valence-corrected chi connectivity index (χ4v) is 2.74. The predicted molar refractivity (Wildman–Crippen MR) is 86.7 cm³/mol. The first-order chi connectivity index (χ1) is 10.1. The van der Waals surface area contributed by atoms with E-state index in [1.807, 2.05) is 10.9 Å². The van der Waals surface area contributed by atoms with Crippen molar-refractivity contribution in [3.8, 4) is 0 Å². The summed E-state index contributed by atoms with van der Waals surface area (Å²) in [6.45, 7) is 8.09. The molecule has 2 rings (SSSR count). The molecule has 0 saturated heterocycles. The zero-order chi connectivity index (χ0) is 15.2. The third-order valence-corrected chi connectivity index (χ3v) is 4.26. The Morgan fingerprint density at radius 1 is 1.48 bits per heavy atom. The van der Waals surface area contributed by atoms with Crippen LogP contribution in [0, 0.1) is 0 Å². The summed E-state index contributed by atoms with van der Waals surface area (Å²) in [6.07, 6.45) is 3.50. The van der Waals surface area contributed by atoms with E-state index in [0.29, 0.717) is 16.3 Å². The average Bonchev–Trinajstić information content (AvgIpc) is 3.09. The van der Waals surface area contributed by atoms with Gasteiger partial charge in [0, 0.05) is 12.7 Å². The standard InChI is InChI=1S/C14H21N5OS/c1-3-18(4-2)6-7-19-10-11(9-16-19)17-14(20)13-12(15)5-8-21-13/h5,8-10H,3-4,6-7,15H2,1-2H3,(H,17,20). The van der Waals surface area contributed by atoms with Gasteiger partial charge in [-0.25, -0.2) is 0 Å². The van der Waals surface area contributed by atoms with Crippen LogP contribution in [0.25, 0.3) is 0 Å². The molecule has 1 amide bonds. The highest BCUT2D eigenvalue weighted by atomic mass is 32.1. The first-order valence-corrected chi connectivity index (χ1v) is 7.91. The van der Waals surface area contributed by atoms with E-state index in [0.717, 1.165) is 26.2 Å². The van der Waals surface area contributed by atoms with Crippen LogP contribution in [-0.4, -0.2) is 40.2 Å². The van der Waals surface area contributed by atoms with E-state index >= 15 is 0 Å². The van der Waals surface area contributed by atoms with Crippen molar-refractivity contribution in [3.63, 3.8) is 0 Å². The molecule has 0 fully saturated rings. The van der Waals surface area contributed by atoms with Crippen LogP contribution in [0.2, 0.25) is 0 Å². The van der Waals surface area contributed by atoms with Crippen LogP contribution in [0.15, 0.2) is 23.8 Å². The van der Waals surface area contributed by atoms with E-state index in [1.165, 1.54) is 11.3 Å². The lowest BCUT2D eigenvalue weighted by Gasteiger charge is -2.17. The van der Waals surface area contributed by atoms with E-state index < -0.39 is 0 Å². The molecule has 0 aromatic carbocycles. The van der Waals surface area contributed by atoms with Crippen molar-refractivity contribution in [2.75, 3.05) is 30.7 Å². The Balaban J connectivity index is 1.91. The van der Waals surface area contributed by atoms with Gasteiger partial charge < -0.3 is 16.0 Å². The molecule has 0 atom stereocenters. The van der Waals surface area contributed by atoms with Crippen LogP contribution in [-0.2, 0) is 6.54 Å². The zero-order valence-electron chi connectivity index (χ0n) is 12.4. The Morgan fingerprint density at radius 3 is 2.86 bits per heavy atom. The Bertz CT molecular complexity index is 588. The van der Waals surface area contributed by atoms with Gasteiger partial charge in [-0.3, -0.25) is 9.48 Å². The summed E-state index contributed by atoms with van der Waals surface area (Å²) < 4.78 is 1.84. The van der Waals surface area contributed by atoms with Gasteiger partial charge in [0.15, 0.2) is 0 Å². The lowest BCUT2D eigenvalue weighted by atomic mass is 10.3. The van der Waals surface area contributed by atoms with E-state index in [2.05, 4.69) is 29.2 Å². The lowest BCUT2D eigenvalue weighted by Crippen LogP contribution is -2.27. The molecule has 2 aromatic heterocycles. The molecule has 0 aliphatic heterocycles. The number of thiophene rings is 1. The molecule has 7 heteroatoms. The SMILES string of the molecule is CCN(CC)CCn1cc(NC(=O)c2sccc2N)cn1. The summed E-state index contributed by atoms with van der Waals surface area (Å²) in [5.41, 5.74) is 6.93. The molecule has 0 spiro atoms. The number of nitrogens with two attached hydrogens (primary N) is 1. The topological polar surface area (TPSA) is 76.2 Å². The summed E-state index contributed by atoms with van der Waals surface area (Å²) >= 11 is 1.33. The minimum Gasteiger partial charge on any atom is -0.397 e. The first-order valence-electron chi connectivity index (χ1n) is 7.03. The number of nitrogen functional groups attached to an aromatic ring is 1. The quantitative estimate of drug-likeness (QED) is 0.821. The molecule has 2 heterocycles. The van der Waals surface area contributed by atoms with Gasteiger partial charge in [0.05, 0.1) is 24.1 Å². The molecule has 2 aromatic rings. The van der Waals surface area contributed by atoms with Gasteiger partial charge in [0.25, 0.3) is 5.91 Å². The molecule has 0 radical (unpaired) electrons. The second-order valence-electron chi connectivity index (χ2n) is 4.68. The van der Waals surface area contributed by atoms with Crippen molar-refractivity contribution < 1.29 is 4.79 Å². The Kier molecular flexibility index (Phi) is 5.35. The normalized spacial score (nSPS) is 11.0. The van der Waals surface area contributed by atoms with Gasteiger partial charge in [-0.05, 0) is 24.5 Å². The highest BCUT2D eigenvalue weighted by molar-refractivity contribution is 7.12. The van der Waals surface area contributed by atoms with Crippen LogP contribution < -0.4 is 11.1 Å². The Morgan fingerprint density at radius 2 is 2.24 bits per heavy atom. The molecule has 0 unspecified atom stereocenters. The molecular weight excluding hydrogens is 286 g/mol. The number of nitrogens with one attached hydrogen (secondary N) is 1. The van der Waals surface area contributed by atoms with Crippen molar-refractivity contribution in [1.29, 1.82) is 0 Å². The number of carbonyl (C=O) groups is 1. The van der Waals surface area contributed by atoms with E-state index in [9.17, 15) is 4.79 Å². The van der Waals surface area contributed by atoms with Gasteiger partial charge in [0.1, 0.15) is 4.88 Å². The molecule has 6 nitrogen and oxygen atoms in total. The third kappa shape index (κ3) is 4.05. The maximum absolute atomic E-state index is 12.0. The van der Waals surface area contributed by atoms with Crippen LogP contribution in [0.5, 0.6) is 0 Å². The molecule has 0 aliphatic rings. The maximum Gasteiger partial charge on any atom is 0.267 e. The van der Waals surface area contributed by atoms with Crippen molar-refractivity contribution in [2.45, 2.75) is 20.4 Å². The van der Waals surface area contributed by atoms with Crippen LogP contribution in [0.4, 0.5) is 11.4 Å². The van der Waals surface area contributed by atoms with E-state index in [4.69, 9.17) is 5.73 Å². The fraction of sp³-hybridized carbons (Fsp3) is 0.429. The third-order valence-electron chi connectivity index (χ3n) is 3.33. The van der Waals surface area contributed by atoms with Crippen molar-refractivity contribution >= 4 is 28.6 Å². The second-order valence-corrected chi connectivity index (χ2v) is 5.59. The highest BCUT2D eigenvalue weighted by Gasteiger charge is 2.12. The van der Waals surface area contributed by atoms with Crippen LogP contribution in [0.3, 0.4) is 0 Å². The van der Waals surface area contributed by atoms with Crippen molar-refractivity contribution in [1.82, 2.24) is 14.7 Å². The molecule has 0 bridgehead atoms. The average molecular weight is 307 g/mol. The fourth-order valence-electron chi connectivity index (χ4n) is 2.03. The summed E-state index contributed by atoms with van der Waals surface area (Å²) in [7, 11) is 0. The van der Waals surface area contributed by atoms with Gasteiger partial charge in [-0.2, -0.15) is 5.10 Å². The van der Waals surface area contributed by atoms with Crippen LogP contribution in [0.1, 0.15) is 23.5 Å². The molecule has 114 valence electrons. The highest BCUT2D eigenvalue weighted by Crippen LogP contribution is 2.20. The van der Waals surface area contributed by atoms with Gasteiger partial charge in [0.2, 0.25) is 0 Å². The van der Waals surface area contributed by atoms with Crippen molar-refractivity contribution in [3.05, 3.63) is 28.7 Å².